The Hall–Kier alpha value is -3.68. The maximum Gasteiger partial charge on any atom is 0.416 e. The molecular weight excluding hydrogens is 454 g/mol. The Morgan fingerprint density at radius 2 is 0.824 bits per heavy atom. The van der Waals surface area contributed by atoms with Crippen LogP contribution < -0.4 is 0 Å². The first kappa shape index (κ1) is 20.9. The molecule has 172 valence electrons. The molecule has 2 aromatic heterocycles. The van der Waals surface area contributed by atoms with Gasteiger partial charge in [-0.15, -0.1) is 0 Å². The van der Waals surface area contributed by atoms with E-state index < -0.39 is 23.5 Å². The SMILES string of the molecule is Cn1c2ccc(C(F)(F)F)cc2c2cc3cc4c(cc3cc21)c1cc(C(F)(F)F)ccc1n4C. The second-order valence-electron chi connectivity index (χ2n) is 8.66. The van der Waals surface area contributed by atoms with Crippen LogP contribution in [-0.4, -0.2) is 9.13 Å². The summed E-state index contributed by atoms with van der Waals surface area (Å²) in [6, 6.07) is 14.9. The Bertz CT molecular complexity index is 1660. The van der Waals surface area contributed by atoms with Crippen LogP contribution in [0.15, 0.2) is 60.7 Å². The van der Waals surface area contributed by atoms with Gasteiger partial charge in [0.1, 0.15) is 0 Å². The van der Waals surface area contributed by atoms with Gasteiger partial charge in [0.2, 0.25) is 0 Å². The Morgan fingerprint density at radius 1 is 0.471 bits per heavy atom. The normalized spacial score (nSPS) is 13.3. The summed E-state index contributed by atoms with van der Waals surface area (Å²) in [4.78, 5) is 0. The molecule has 0 N–H and O–H groups in total. The monoisotopic (exact) mass is 470 g/mol. The first-order valence-electron chi connectivity index (χ1n) is 10.5. The smallest absolute Gasteiger partial charge is 0.344 e. The van der Waals surface area contributed by atoms with Crippen molar-refractivity contribution >= 4 is 54.4 Å². The molecule has 2 heterocycles. The lowest BCUT2D eigenvalue weighted by Crippen LogP contribution is -2.04. The van der Waals surface area contributed by atoms with Crippen LogP contribution in [0, 0.1) is 0 Å². The molecule has 34 heavy (non-hydrogen) atoms. The molecule has 0 unspecified atom stereocenters. The fraction of sp³-hybridized carbons (Fsp3) is 0.154. The van der Waals surface area contributed by atoms with Gasteiger partial charge in [0.25, 0.3) is 0 Å². The highest BCUT2D eigenvalue weighted by Gasteiger charge is 2.32. The van der Waals surface area contributed by atoms with Crippen molar-refractivity contribution in [2.75, 3.05) is 0 Å². The van der Waals surface area contributed by atoms with Gasteiger partial charge in [0, 0.05) is 57.7 Å². The van der Waals surface area contributed by atoms with Crippen LogP contribution >= 0.6 is 0 Å². The second kappa shape index (κ2) is 6.46. The molecule has 0 aliphatic heterocycles. The van der Waals surface area contributed by atoms with Crippen molar-refractivity contribution in [3.8, 4) is 0 Å². The Morgan fingerprint density at radius 3 is 1.18 bits per heavy atom. The highest BCUT2D eigenvalue weighted by molar-refractivity contribution is 6.17. The van der Waals surface area contributed by atoms with Gasteiger partial charge in [-0.2, -0.15) is 26.3 Å². The summed E-state index contributed by atoms with van der Waals surface area (Å²) >= 11 is 0. The van der Waals surface area contributed by atoms with Crippen LogP contribution in [0.25, 0.3) is 54.4 Å². The van der Waals surface area contributed by atoms with Gasteiger partial charge < -0.3 is 9.13 Å². The molecule has 0 aliphatic carbocycles. The van der Waals surface area contributed by atoms with E-state index in [0.29, 0.717) is 32.6 Å². The van der Waals surface area contributed by atoms with E-state index in [1.165, 1.54) is 12.1 Å². The third-order valence-electron chi connectivity index (χ3n) is 6.74. The topological polar surface area (TPSA) is 9.86 Å². The molecule has 6 aromatic rings. The standard InChI is InChI=1S/C26H16F6N2/c1-33-21-5-3-15(25(27,28)29)11-19(21)17-7-14-10-24-18(8-13(14)9-23(17)33)20-12-16(26(30,31)32)4-6-22(20)34(24)2/h3-12H,1-2H3. The van der Waals surface area contributed by atoms with E-state index in [9.17, 15) is 26.3 Å². The maximum atomic E-state index is 13.3. The van der Waals surface area contributed by atoms with Gasteiger partial charge in [0.05, 0.1) is 11.1 Å². The molecule has 0 bridgehead atoms. The molecule has 4 aromatic carbocycles. The number of alkyl halides is 6. The van der Waals surface area contributed by atoms with Crippen molar-refractivity contribution in [2.45, 2.75) is 12.4 Å². The second-order valence-corrected chi connectivity index (χ2v) is 8.66. The lowest BCUT2D eigenvalue weighted by molar-refractivity contribution is -0.138. The lowest BCUT2D eigenvalue weighted by atomic mass is 10.0. The zero-order valence-corrected chi connectivity index (χ0v) is 17.9. The van der Waals surface area contributed by atoms with Crippen molar-refractivity contribution < 1.29 is 26.3 Å². The highest BCUT2D eigenvalue weighted by Crippen LogP contribution is 2.40. The fourth-order valence-corrected chi connectivity index (χ4v) is 5.01. The number of fused-ring (bicyclic) bond motifs is 7. The molecule has 0 spiro atoms. The van der Waals surface area contributed by atoms with Crippen LogP contribution in [0.2, 0.25) is 0 Å². The first-order chi connectivity index (χ1) is 15.9. The summed E-state index contributed by atoms with van der Waals surface area (Å²) in [5.41, 5.74) is 1.41. The molecule has 0 radical (unpaired) electrons. The van der Waals surface area contributed by atoms with Crippen LogP contribution in [0.4, 0.5) is 26.3 Å². The van der Waals surface area contributed by atoms with Crippen LogP contribution in [-0.2, 0) is 26.4 Å². The molecular formula is C26H16F6N2. The molecule has 0 fully saturated rings. The zero-order chi connectivity index (χ0) is 24.2. The molecule has 0 saturated heterocycles. The van der Waals surface area contributed by atoms with Crippen molar-refractivity contribution in [1.82, 2.24) is 9.13 Å². The number of rotatable bonds is 0. The van der Waals surface area contributed by atoms with Crippen LogP contribution in [0.1, 0.15) is 11.1 Å². The summed E-state index contributed by atoms with van der Waals surface area (Å²) < 4.78 is 83.6. The molecule has 0 aliphatic rings. The van der Waals surface area contributed by atoms with E-state index >= 15 is 0 Å². The number of nitrogens with zero attached hydrogens (tertiary/aromatic N) is 2. The zero-order valence-electron chi connectivity index (χ0n) is 17.9. The van der Waals surface area contributed by atoms with Crippen molar-refractivity contribution in [2.24, 2.45) is 14.1 Å². The number of hydrogen-bond donors (Lipinski definition) is 0. The Balaban J connectivity index is 1.69. The van der Waals surface area contributed by atoms with E-state index in [-0.39, 0.29) is 0 Å². The summed E-state index contributed by atoms with van der Waals surface area (Å²) in [5.74, 6) is 0. The fourth-order valence-electron chi connectivity index (χ4n) is 5.01. The van der Waals surface area contributed by atoms with Crippen molar-refractivity contribution in [3.63, 3.8) is 0 Å². The number of halogens is 6. The Kier molecular flexibility index (Phi) is 3.97. The minimum Gasteiger partial charge on any atom is -0.344 e. The third-order valence-corrected chi connectivity index (χ3v) is 6.74. The van der Waals surface area contributed by atoms with Crippen molar-refractivity contribution in [1.29, 1.82) is 0 Å². The van der Waals surface area contributed by atoms with E-state index in [4.69, 9.17) is 0 Å². The average Bonchev–Trinajstić information content (AvgIpc) is 3.20. The summed E-state index contributed by atoms with van der Waals surface area (Å²) in [5, 5.41) is 3.98. The first-order valence-corrected chi connectivity index (χ1v) is 10.5. The lowest BCUT2D eigenvalue weighted by Gasteiger charge is -2.06. The van der Waals surface area contributed by atoms with Crippen molar-refractivity contribution in [3.05, 3.63) is 71.8 Å². The minimum absolute atomic E-state index is 0.501. The summed E-state index contributed by atoms with van der Waals surface area (Å²) in [7, 11) is 3.58. The van der Waals surface area contributed by atoms with Crippen LogP contribution in [0.3, 0.4) is 0 Å². The number of benzene rings is 4. The Labute approximate surface area is 188 Å². The molecule has 0 amide bonds. The van der Waals surface area contributed by atoms with Crippen LogP contribution in [0.5, 0.6) is 0 Å². The number of aryl methyl sites for hydroxylation is 2. The van der Waals surface area contributed by atoms with E-state index in [0.717, 1.165) is 46.1 Å². The molecule has 8 heteroatoms. The third kappa shape index (κ3) is 2.84. The largest absolute Gasteiger partial charge is 0.416 e. The van der Waals surface area contributed by atoms with Gasteiger partial charge in [-0.25, -0.2) is 0 Å². The highest BCUT2D eigenvalue weighted by atomic mass is 19.4. The number of aromatic nitrogens is 2. The van der Waals surface area contributed by atoms with E-state index in [2.05, 4.69) is 0 Å². The predicted molar refractivity (Wildman–Crippen MR) is 122 cm³/mol. The predicted octanol–water partition coefficient (Wildman–Crippen LogP) is 8.17. The number of hydrogen-bond acceptors (Lipinski definition) is 0. The quantitative estimate of drug-likeness (QED) is 0.198. The summed E-state index contributed by atoms with van der Waals surface area (Å²) in [6.45, 7) is 0. The van der Waals surface area contributed by atoms with Gasteiger partial charge in [0.15, 0.2) is 0 Å². The van der Waals surface area contributed by atoms with Gasteiger partial charge in [-0.3, -0.25) is 0 Å². The van der Waals surface area contributed by atoms with E-state index in [1.807, 2.05) is 33.4 Å². The average molecular weight is 470 g/mol. The molecule has 2 nitrogen and oxygen atoms in total. The summed E-state index contributed by atoms with van der Waals surface area (Å²) in [6.07, 6.45) is -8.89. The molecule has 0 atom stereocenters. The molecule has 6 rings (SSSR count). The maximum absolute atomic E-state index is 13.3. The van der Waals surface area contributed by atoms with E-state index in [1.54, 1.807) is 14.1 Å². The minimum atomic E-state index is -4.45. The van der Waals surface area contributed by atoms with Gasteiger partial charge >= 0.3 is 12.4 Å². The van der Waals surface area contributed by atoms with Gasteiger partial charge in [-0.05, 0) is 71.4 Å². The molecule has 0 saturated carbocycles. The van der Waals surface area contributed by atoms with Gasteiger partial charge in [-0.1, -0.05) is 0 Å².